The van der Waals surface area contributed by atoms with E-state index in [4.69, 9.17) is 4.74 Å². The molecular formula is C23H18O. The Morgan fingerprint density at radius 1 is 0.583 bits per heavy atom. The Hall–Kier alpha value is -3.06. The van der Waals surface area contributed by atoms with Crippen molar-refractivity contribution >= 4 is 11.3 Å². The fraction of sp³-hybridized carbons (Fsp3) is 0.0435. The molecule has 0 spiro atoms. The summed E-state index contributed by atoms with van der Waals surface area (Å²) in [6, 6.07) is 31.1. The Morgan fingerprint density at radius 3 is 1.75 bits per heavy atom. The predicted octanol–water partition coefficient (Wildman–Crippen LogP) is 5.88. The van der Waals surface area contributed by atoms with Gasteiger partial charge in [0.1, 0.15) is 11.9 Å². The van der Waals surface area contributed by atoms with Gasteiger partial charge in [0.05, 0.1) is 0 Å². The molecule has 1 nitrogen and oxygen atoms in total. The first-order chi connectivity index (χ1) is 11.9. The van der Waals surface area contributed by atoms with Crippen molar-refractivity contribution < 1.29 is 4.74 Å². The second-order valence-corrected chi connectivity index (χ2v) is 5.81. The molecule has 1 atom stereocenters. The van der Waals surface area contributed by atoms with Gasteiger partial charge in [-0.15, -0.1) is 0 Å². The topological polar surface area (TPSA) is 9.23 Å². The molecule has 116 valence electrons. The van der Waals surface area contributed by atoms with Crippen molar-refractivity contribution in [2.75, 3.05) is 0 Å². The lowest BCUT2D eigenvalue weighted by Gasteiger charge is -2.24. The van der Waals surface area contributed by atoms with E-state index < -0.39 is 0 Å². The zero-order chi connectivity index (χ0) is 16.2. The van der Waals surface area contributed by atoms with Crippen LogP contribution >= 0.6 is 0 Å². The summed E-state index contributed by atoms with van der Waals surface area (Å²) >= 11 is 0. The van der Waals surface area contributed by atoms with E-state index in [1.807, 2.05) is 30.3 Å². The lowest BCUT2D eigenvalue weighted by Crippen LogP contribution is -2.06. The Kier molecular flexibility index (Phi) is 3.99. The molecule has 1 heterocycles. The molecule has 0 aliphatic carbocycles. The Labute approximate surface area is 142 Å². The van der Waals surface area contributed by atoms with Crippen molar-refractivity contribution in [2.45, 2.75) is 6.10 Å². The van der Waals surface area contributed by atoms with Crippen molar-refractivity contribution in [1.82, 2.24) is 0 Å². The molecule has 1 heteroatoms. The minimum Gasteiger partial charge on any atom is -0.481 e. The molecule has 1 aliphatic heterocycles. The maximum absolute atomic E-state index is 6.29. The van der Waals surface area contributed by atoms with Crippen LogP contribution in [0.3, 0.4) is 0 Å². The maximum atomic E-state index is 6.29. The molecule has 0 unspecified atom stereocenters. The van der Waals surface area contributed by atoms with E-state index in [9.17, 15) is 0 Å². The van der Waals surface area contributed by atoms with Crippen molar-refractivity contribution in [2.24, 2.45) is 0 Å². The van der Waals surface area contributed by atoms with Gasteiger partial charge >= 0.3 is 0 Å². The fourth-order valence-electron chi connectivity index (χ4n) is 2.93. The number of allylic oxidation sites excluding steroid dienone is 2. The molecule has 24 heavy (non-hydrogen) atoms. The number of benzene rings is 3. The van der Waals surface area contributed by atoms with Crippen molar-refractivity contribution in [3.05, 3.63) is 120 Å². The van der Waals surface area contributed by atoms with Gasteiger partial charge < -0.3 is 4.74 Å². The van der Waals surface area contributed by atoms with Gasteiger partial charge in [-0.05, 0) is 28.9 Å². The van der Waals surface area contributed by atoms with E-state index in [0.717, 1.165) is 16.9 Å². The summed E-state index contributed by atoms with van der Waals surface area (Å²) in [5.74, 6) is 0.908. The van der Waals surface area contributed by atoms with Crippen LogP contribution in [0, 0.1) is 0 Å². The highest BCUT2D eigenvalue weighted by Crippen LogP contribution is 2.36. The molecule has 0 bridgehead atoms. The molecule has 0 aromatic heterocycles. The summed E-state index contributed by atoms with van der Waals surface area (Å²) in [6.45, 7) is 0. The molecule has 0 saturated heterocycles. The van der Waals surface area contributed by atoms with Crippen LogP contribution in [0.1, 0.15) is 22.8 Å². The second-order valence-electron chi connectivity index (χ2n) is 5.81. The second kappa shape index (κ2) is 6.59. The highest BCUT2D eigenvalue weighted by molar-refractivity contribution is 5.83. The lowest BCUT2D eigenvalue weighted by atomic mass is 9.97. The van der Waals surface area contributed by atoms with Crippen molar-refractivity contribution in [3.63, 3.8) is 0 Å². The maximum Gasteiger partial charge on any atom is 0.143 e. The molecule has 0 amide bonds. The van der Waals surface area contributed by atoms with Gasteiger partial charge in [-0.1, -0.05) is 91.0 Å². The lowest BCUT2D eigenvalue weighted by molar-refractivity contribution is 0.213. The monoisotopic (exact) mass is 310 g/mol. The minimum absolute atomic E-state index is 0.0818. The number of hydrogen-bond donors (Lipinski definition) is 0. The number of rotatable bonds is 3. The molecule has 3 aromatic carbocycles. The molecule has 4 rings (SSSR count). The molecule has 0 radical (unpaired) electrons. The molecule has 1 aliphatic rings. The van der Waals surface area contributed by atoms with E-state index in [0.29, 0.717) is 0 Å². The normalized spacial score (nSPS) is 16.8. The van der Waals surface area contributed by atoms with Crippen LogP contribution in [0.4, 0.5) is 0 Å². The van der Waals surface area contributed by atoms with Gasteiger partial charge in [0, 0.05) is 5.56 Å². The third-order valence-corrected chi connectivity index (χ3v) is 4.16. The summed E-state index contributed by atoms with van der Waals surface area (Å²) < 4.78 is 6.29. The van der Waals surface area contributed by atoms with Crippen LogP contribution in [0.15, 0.2) is 103 Å². The number of hydrogen-bond acceptors (Lipinski definition) is 1. The highest BCUT2D eigenvalue weighted by Gasteiger charge is 2.19. The summed E-state index contributed by atoms with van der Waals surface area (Å²) in [5, 5.41) is 0. The molecule has 0 N–H and O–H groups in total. The summed E-state index contributed by atoms with van der Waals surface area (Å²) in [7, 11) is 0. The zero-order valence-electron chi connectivity index (χ0n) is 13.3. The fourth-order valence-corrected chi connectivity index (χ4v) is 2.93. The SMILES string of the molecule is C1=C(c2ccccc2)C=C(c2ccccc2)O[C@@H]1c1ccccc1. The molecule has 0 saturated carbocycles. The highest BCUT2D eigenvalue weighted by atomic mass is 16.5. The summed E-state index contributed by atoms with van der Waals surface area (Å²) in [6.07, 6.45) is 4.24. The minimum atomic E-state index is -0.0818. The van der Waals surface area contributed by atoms with Gasteiger partial charge in [0.2, 0.25) is 0 Å². The van der Waals surface area contributed by atoms with Gasteiger partial charge in [-0.25, -0.2) is 0 Å². The van der Waals surface area contributed by atoms with Gasteiger partial charge in [0.25, 0.3) is 0 Å². The van der Waals surface area contributed by atoms with E-state index in [1.54, 1.807) is 0 Å². The van der Waals surface area contributed by atoms with Crippen molar-refractivity contribution in [1.29, 1.82) is 0 Å². The van der Waals surface area contributed by atoms with E-state index in [2.05, 4.69) is 72.8 Å². The third kappa shape index (κ3) is 3.02. The summed E-state index contributed by atoms with van der Waals surface area (Å²) in [4.78, 5) is 0. The third-order valence-electron chi connectivity index (χ3n) is 4.16. The molecule has 0 fully saturated rings. The zero-order valence-corrected chi connectivity index (χ0v) is 13.3. The van der Waals surface area contributed by atoms with E-state index >= 15 is 0 Å². The molecular weight excluding hydrogens is 292 g/mol. The Balaban J connectivity index is 1.79. The Bertz CT molecular complexity index is 862. The van der Waals surface area contributed by atoms with Crippen LogP contribution in [-0.4, -0.2) is 0 Å². The largest absolute Gasteiger partial charge is 0.481 e. The average Bonchev–Trinajstić information content (AvgIpc) is 2.70. The standard InChI is InChI=1S/C23H18O/c1-4-10-18(11-5-1)21-16-22(19-12-6-2-7-13-19)24-23(17-21)20-14-8-3-9-15-20/h1-17,22H/t22-/m0/s1. The Morgan fingerprint density at radius 2 is 1.12 bits per heavy atom. The van der Waals surface area contributed by atoms with Crippen LogP contribution in [0.2, 0.25) is 0 Å². The van der Waals surface area contributed by atoms with Crippen molar-refractivity contribution in [3.8, 4) is 0 Å². The van der Waals surface area contributed by atoms with E-state index in [-0.39, 0.29) is 6.10 Å². The van der Waals surface area contributed by atoms with Crippen LogP contribution in [0.25, 0.3) is 11.3 Å². The van der Waals surface area contributed by atoms with E-state index in [1.165, 1.54) is 11.1 Å². The van der Waals surface area contributed by atoms with Gasteiger partial charge in [0.15, 0.2) is 0 Å². The smallest absolute Gasteiger partial charge is 0.143 e. The average molecular weight is 310 g/mol. The van der Waals surface area contributed by atoms with Crippen LogP contribution in [0.5, 0.6) is 0 Å². The summed E-state index contributed by atoms with van der Waals surface area (Å²) in [5.41, 5.74) is 4.65. The van der Waals surface area contributed by atoms with Crippen LogP contribution in [-0.2, 0) is 4.74 Å². The van der Waals surface area contributed by atoms with Gasteiger partial charge in [-0.2, -0.15) is 0 Å². The predicted molar refractivity (Wildman–Crippen MR) is 99.1 cm³/mol. The first-order valence-electron chi connectivity index (χ1n) is 8.16. The number of ether oxygens (including phenoxy) is 1. The quantitative estimate of drug-likeness (QED) is 0.586. The first kappa shape index (κ1) is 14.5. The molecule has 3 aromatic rings. The van der Waals surface area contributed by atoms with Crippen LogP contribution < -0.4 is 0 Å². The van der Waals surface area contributed by atoms with Gasteiger partial charge in [-0.3, -0.25) is 0 Å². The first-order valence-corrected chi connectivity index (χ1v) is 8.16.